The van der Waals surface area contributed by atoms with E-state index in [1.165, 1.54) is 0 Å². The van der Waals surface area contributed by atoms with E-state index in [0.717, 1.165) is 6.08 Å². The van der Waals surface area contributed by atoms with Gasteiger partial charge in [-0.15, -0.1) is 0 Å². The first kappa shape index (κ1) is 17.2. The van der Waals surface area contributed by atoms with Crippen molar-refractivity contribution in [1.82, 2.24) is 5.32 Å². The fourth-order valence-corrected chi connectivity index (χ4v) is 1.43. The van der Waals surface area contributed by atoms with Crippen molar-refractivity contribution in [3.05, 3.63) is 12.7 Å². The minimum atomic E-state index is -3.48. The maximum atomic E-state index is 10.9. The van der Waals surface area contributed by atoms with E-state index in [0.29, 0.717) is 6.42 Å². The van der Waals surface area contributed by atoms with Crippen LogP contribution in [0.2, 0.25) is 0 Å². The minimum Gasteiger partial charge on any atom is -1.00 e. The van der Waals surface area contributed by atoms with Crippen LogP contribution in [0.25, 0.3) is 0 Å². The molecule has 0 rings (SSSR count). The van der Waals surface area contributed by atoms with Gasteiger partial charge in [0.05, 0.1) is 5.75 Å². The van der Waals surface area contributed by atoms with Crippen LogP contribution in [-0.4, -0.2) is 26.8 Å². The number of hydrogen-bond acceptors (Lipinski definition) is 4. The second-order valence-electron chi connectivity index (χ2n) is 2.27. The van der Waals surface area contributed by atoms with Crippen molar-refractivity contribution in [2.75, 3.05) is 12.5 Å². The Morgan fingerprint density at radius 1 is 1.64 bits per heavy atom. The van der Waals surface area contributed by atoms with Gasteiger partial charge in [-0.05, 0) is 12.5 Å². The van der Waals surface area contributed by atoms with Crippen LogP contribution >= 0.6 is 0 Å². The molecule has 0 aromatic carbocycles. The molecule has 1 N–H and O–H groups in total. The molecular formula is C7H14KNO4S. The van der Waals surface area contributed by atoms with Gasteiger partial charge in [0.1, 0.15) is 6.73 Å². The average molecular weight is 247 g/mol. The second kappa shape index (κ2) is 9.02. The standard InChI is InChI=1S/C7H13NO4S.K.H/c1-3-5-13(10,11)12-6-8-7(9)4-2;;/h4H,2-3,5-6H2,1H3,(H,8,9);;/q;+1;-1. The Hall–Kier alpha value is 0.756. The normalized spacial score (nSPS) is 10.1. The molecule has 0 aliphatic carbocycles. The molecule has 0 saturated heterocycles. The fourth-order valence-electron chi connectivity index (χ4n) is 0.571. The van der Waals surface area contributed by atoms with Crippen molar-refractivity contribution < 1.29 is 70.2 Å². The summed E-state index contributed by atoms with van der Waals surface area (Å²) in [5.74, 6) is -0.511. The minimum absolute atomic E-state index is 0. The van der Waals surface area contributed by atoms with E-state index >= 15 is 0 Å². The quantitative estimate of drug-likeness (QED) is 0.237. The van der Waals surface area contributed by atoms with Crippen LogP contribution < -0.4 is 56.7 Å². The van der Waals surface area contributed by atoms with Crippen LogP contribution in [0.15, 0.2) is 12.7 Å². The van der Waals surface area contributed by atoms with Gasteiger partial charge in [-0.1, -0.05) is 13.5 Å². The van der Waals surface area contributed by atoms with Crippen molar-refractivity contribution in [2.24, 2.45) is 0 Å². The van der Waals surface area contributed by atoms with Gasteiger partial charge in [0.15, 0.2) is 0 Å². The van der Waals surface area contributed by atoms with E-state index in [2.05, 4.69) is 16.1 Å². The Labute approximate surface area is 128 Å². The zero-order valence-corrected chi connectivity index (χ0v) is 12.4. The molecule has 0 aromatic heterocycles. The van der Waals surface area contributed by atoms with E-state index in [-0.39, 0.29) is 65.3 Å². The summed E-state index contributed by atoms with van der Waals surface area (Å²) in [6.45, 7) is 4.58. The molecule has 0 saturated carbocycles. The fraction of sp³-hybridized carbons (Fsp3) is 0.571. The van der Waals surface area contributed by atoms with E-state index in [1.54, 1.807) is 6.92 Å². The molecule has 1 amide bonds. The molecule has 0 radical (unpaired) electrons. The SMILES string of the molecule is C=CC(=O)NCOS(=O)(=O)CCC.[H-].[K+]. The number of rotatable bonds is 6. The summed E-state index contributed by atoms with van der Waals surface area (Å²) in [7, 11) is -3.48. The van der Waals surface area contributed by atoms with Crippen LogP contribution in [-0.2, 0) is 19.1 Å². The van der Waals surface area contributed by atoms with Crippen molar-refractivity contribution in [1.29, 1.82) is 0 Å². The van der Waals surface area contributed by atoms with Gasteiger partial charge in [-0.3, -0.25) is 4.79 Å². The molecule has 0 unspecified atom stereocenters. The molecule has 0 aromatic rings. The Kier molecular flexibility index (Phi) is 11.1. The average Bonchev–Trinajstić information content (AvgIpc) is 2.03. The van der Waals surface area contributed by atoms with Gasteiger partial charge in [-0.2, -0.15) is 8.42 Å². The number of carbonyl (C=O) groups excluding carboxylic acids is 1. The zero-order chi connectivity index (χ0) is 10.3. The van der Waals surface area contributed by atoms with Gasteiger partial charge >= 0.3 is 51.4 Å². The molecule has 0 aliphatic heterocycles. The molecule has 5 nitrogen and oxygen atoms in total. The molecule has 14 heavy (non-hydrogen) atoms. The van der Waals surface area contributed by atoms with Crippen molar-refractivity contribution in [3.8, 4) is 0 Å². The van der Waals surface area contributed by atoms with Gasteiger partial charge in [0, 0.05) is 0 Å². The monoisotopic (exact) mass is 247 g/mol. The molecular weight excluding hydrogens is 233 g/mol. The van der Waals surface area contributed by atoms with Crippen molar-refractivity contribution >= 4 is 16.0 Å². The summed E-state index contributed by atoms with van der Waals surface area (Å²) in [4.78, 5) is 10.6. The first-order valence-electron chi connectivity index (χ1n) is 3.79. The molecule has 0 spiro atoms. The Morgan fingerprint density at radius 2 is 2.21 bits per heavy atom. The summed E-state index contributed by atoms with van der Waals surface area (Å²) in [5.41, 5.74) is 0. The third kappa shape index (κ3) is 9.32. The number of amides is 1. The topological polar surface area (TPSA) is 72.5 Å². The van der Waals surface area contributed by atoms with Crippen LogP contribution in [0.1, 0.15) is 14.8 Å². The Balaban J connectivity index is -0.000000720. The largest absolute Gasteiger partial charge is 1.00 e. The van der Waals surface area contributed by atoms with Gasteiger partial charge in [0.2, 0.25) is 5.91 Å². The molecule has 78 valence electrons. The second-order valence-corrected chi connectivity index (χ2v) is 4.03. The first-order valence-corrected chi connectivity index (χ1v) is 5.37. The molecule has 0 atom stereocenters. The van der Waals surface area contributed by atoms with Gasteiger partial charge < -0.3 is 6.74 Å². The third-order valence-corrected chi connectivity index (χ3v) is 2.51. The number of hydrogen-bond donors (Lipinski definition) is 1. The van der Waals surface area contributed by atoms with E-state index in [9.17, 15) is 13.2 Å². The molecule has 0 fully saturated rings. The van der Waals surface area contributed by atoms with Gasteiger partial charge in [0.25, 0.3) is 10.1 Å². The molecule has 0 aliphatic rings. The predicted octanol–water partition coefficient (Wildman–Crippen LogP) is -2.88. The maximum absolute atomic E-state index is 10.9. The Bertz CT molecular complexity index is 281. The number of nitrogens with one attached hydrogen (secondary N) is 1. The molecule has 0 bridgehead atoms. The van der Waals surface area contributed by atoms with E-state index in [1.807, 2.05) is 0 Å². The summed E-state index contributed by atoms with van der Waals surface area (Å²) >= 11 is 0. The van der Waals surface area contributed by atoms with Crippen LogP contribution in [0, 0.1) is 0 Å². The van der Waals surface area contributed by atoms with E-state index < -0.39 is 16.0 Å². The van der Waals surface area contributed by atoms with Crippen LogP contribution in [0.3, 0.4) is 0 Å². The summed E-state index contributed by atoms with van der Waals surface area (Å²) in [6.07, 6.45) is 1.52. The van der Waals surface area contributed by atoms with Crippen LogP contribution in [0.5, 0.6) is 0 Å². The van der Waals surface area contributed by atoms with Crippen LogP contribution in [0.4, 0.5) is 0 Å². The van der Waals surface area contributed by atoms with Crippen molar-refractivity contribution in [2.45, 2.75) is 13.3 Å². The summed E-state index contributed by atoms with van der Waals surface area (Å²) in [6, 6.07) is 0. The Morgan fingerprint density at radius 3 is 2.64 bits per heavy atom. The zero-order valence-electron chi connectivity index (χ0n) is 9.45. The predicted molar refractivity (Wildman–Crippen MR) is 49.5 cm³/mol. The summed E-state index contributed by atoms with van der Waals surface area (Å²) < 4.78 is 26.2. The van der Waals surface area contributed by atoms with E-state index in [4.69, 9.17) is 0 Å². The number of carbonyl (C=O) groups is 1. The first-order chi connectivity index (χ1) is 6.02. The third-order valence-electron chi connectivity index (χ3n) is 1.12. The molecule has 0 heterocycles. The van der Waals surface area contributed by atoms with Crippen molar-refractivity contribution in [3.63, 3.8) is 0 Å². The maximum Gasteiger partial charge on any atom is 1.00 e. The molecule has 7 heteroatoms. The summed E-state index contributed by atoms with van der Waals surface area (Å²) in [5, 5.41) is 2.19. The smallest absolute Gasteiger partial charge is 1.00 e. The van der Waals surface area contributed by atoms with Gasteiger partial charge in [-0.25, -0.2) is 4.18 Å².